The fourth-order valence-electron chi connectivity index (χ4n) is 7.11. The predicted octanol–water partition coefficient (Wildman–Crippen LogP) is 2.28. The second-order valence-corrected chi connectivity index (χ2v) is 8.42. The molecule has 0 aromatic rings. The average molecular weight is 308 g/mol. The maximum Gasteiger partial charge on any atom is 0.269 e. The van der Waals surface area contributed by atoms with Gasteiger partial charge in [0.05, 0.1) is 18.3 Å². The van der Waals surface area contributed by atoms with Gasteiger partial charge in [-0.2, -0.15) is 0 Å². The largest absolute Gasteiger partial charge is 0.393 e. The highest BCUT2D eigenvalue weighted by Crippen LogP contribution is 2.60. The minimum absolute atomic E-state index is 0.00977. The lowest BCUT2D eigenvalue weighted by Gasteiger charge is -2.56. The molecule has 4 saturated carbocycles. The minimum atomic E-state index is -1.05. The standard InChI is InChI=1S/C18H28O4/c19-13-6-2-5-12-14(13)11-8-7-9-3-1-4-10(9)15(11)17-16(12)21-18(20)22-17/h9-20H,1-8H2. The van der Waals surface area contributed by atoms with E-state index in [2.05, 4.69) is 0 Å². The van der Waals surface area contributed by atoms with E-state index in [-0.39, 0.29) is 18.3 Å². The van der Waals surface area contributed by atoms with Gasteiger partial charge in [0.25, 0.3) is 6.48 Å². The van der Waals surface area contributed by atoms with Gasteiger partial charge in [0, 0.05) is 0 Å². The van der Waals surface area contributed by atoms with E-state index in [0.29, 0.717) is 23.7 Å². The summed E-state index contributed by atoms with van der Waals surface area (Å²) in [7, 11) is 0. The van der Waals surface area contributed by atoms with Crippen LogP contribution in [0.2, 0.25) is 0 Å². The maximum absolute atomic E-state index is 10.7. The fraction of sp³-hybridized carbons (Fsp3) is 1.00. The Balaban J connectivity index is 1.53. The zero-order valence-electron chi connectivity index (χ0n) is 13.1. The van der Waals surface area contributed by atoms with Gasteiger partial charge in [0.2, 0.25) is 0 Å². The molecule has 5 aliphatic rings. The second kappa shape index (κ2) is 5.17. The van der Waals surface area contributed by atoms with Crippen LogP contribution >= 0.6 is 0 Å². The van der Waals surface area contributed by atoms with Crippen LogP contribution in [0.5, 0.6) is 0 Å². The Hall–Kier alpha value is -0.160. The normalized spacial score (nSPS) is 60.3. The van der Waals surface area contributed by atoms with Gasteiger partial charge in [0.15, 0.2) is 0 Å². The molecule has 0 aromatic heterocycles. The number of aliphatic hydroxyl groups is 2. The van der Waals surface area contributed by atoms with Crippen molar-refractivity contribution in [3.05, 3.63) is 0 Å². The second-order valence-electron chi connectivity index (χ2n) is 8.42. The summed E-state index contributed by atoms with van der Waals surface area (Å²) in [6, 6.07) is 0. The Morgan fingerprint density at radius 2 is 1.41 bits per heavy atom. The molecule has 5 fully saturated rings. The van der Waals surface area contributed by atoms with E-state index in [4.69, 9.17) is 9.47 Å². The molecule has 124 valence electrons. The summed E-state index contributed by atoms with van der Waals surface area (Å²) >= 11 is 0. The van der Waals surface area contributed by atoms with E-state index in [1.165, 1.54) is 32.1 Å². The minimum Gasteiger partial charge on any atom is -0.393 e. The van der Waals surface area contributed by atoms with E-state index in [1.807, 2.05) is 0 Å². The van der Waals surface area contributed by atoms with Gasteiger partial charge in [0.1, 0.15) is 0 Å². The van der Waals surface area contributed by atoms with E-state index < -0.39 is 6.48 Å². The first-order valence-corrected chi connectivity index (χ1v) is 9.41. The third-order valence-electron chi connectivity index (χ3n) is 7.72. The van der Waals surface area contributed by atoms with Crippen LogP contribution in [0.25, 0.3) is 0 Å². The molecule has 10 unspecified atom stereocenters. The van der Waals surface area contributed by atoms with Crippen molar-refractivity contribution < 1.29 is 19.7 Å². The topological polar surface area (TPSA) is 58.9 Å². The lowest BCUT2D eigenvalue weighted by Crippen LogP contribution is -2.59. The lowest BCUT2D eigenvalue weighted by molar-refractivity contribution is -0.216. The van der Waals surface area contributed by atoms with E-state index in [1.54, 1.807) is 0 Å². The molecule has 0 radical (unpaired) electrons. The van der Waals surface area contributed by atoms with Crippen LogP contribution in [-0.2, 0) is 9.47 Å². The van der Waals surface area contributed by atoms with Gasteiger partial charge in [-0.25, -0.2) is 0 Å². The van der Waals surface area contributed by atoms with Crippen molar-refractivity contribution >= 4 is 0 Å². The molecular weight excluding hydrogens is 280 g/mol. The van der Waals surface area contributed by atoms with Gasteiger partial charge in [-0.05, 0) is 67.6 Å². The summed E-state index contributed by atoms with van der Waals surface area (Å²) in [4.78, 5) is 0. The van der Waals surface area contributed by atoms with Crippen molar-refractivity contribution in [1.82, 2.24) is 0 Å². The first-order chi connectivity index (χ1) is 10.7. The Kier molecular flexibility index (Phi) is 3.34. The molecule has 1 aliphatic heterocycles. The van der Waals surface area contributed by atoms with Crippen molar-refractivity contribution in [2.24, 2.45) is 35.5 Å². The summed E-state index contributed by atoms with van der Waals surface area (Å²) < 4.78 is 11.7. The molecule has 1 heterocycles. The zero-order valence-corrected chi connectivity index (χ0v) is 13.1. The molecule has 0 amide bonds. The van der Waals surface area contributed by atoms with Crippen LogP contribution in [0.15, 0.2) is 0 Å². The third kappa shape index (κ3) is 1.90. The molecule has 0 spiro atoms. The van der Waals surface area contributed by atoms with E-state index in [9.17, 15) is 10.2 Å². The van der Waals surface area contributed by atoms with E-state index >= 15 is 0 Å². The number of fused-ring (bicyclic) bond motifs is 8. The number of hydrogen-bond acceptors (Lipinski definition) is 4. The number of aliphatic hydroxyl groups excluding tert-OH is 2. The Labute approximate surface area is 132 Å². The van der Waals surface area contributed by atoms with Gasteiger partial charge in [-0.1, -0.05) is 19.3 Å². The number of hydrogen-bond donors (Lipinski definition) is 2. The van der Waals surface area contributed by atoms with Gasteiger partial charge >= 0.3 is 0 Å². The van der Waals surface area contributed by atoms with Crippen molar-refractivity contribution in [2.45, 2.75) is 76.2 Å². The van der Waals surface area contributed by atoms with Crippen molar-refractivity contribution in [3.63, 3.8) is 0 Å². The monoisotopic (exact) mass is 308 g/mol. The number of ether oxygens (including phenoxy) is 2. The lowest BCUT2D eigenvalue weighted by atomic mass is 9.51. The zero-order chi connectivity index (χ0) is 14.8. The highest BCUT2D eigenvalue weighted by Gasteiger charge is 2.61. The quantitative estimate of drug-likeness (QED) is 0.721. The van der Waals surface area contributed by atoms with Crippen molar-refractivity contribution in [1.29, 1.82) is 0 Å². The third-order valence-corrected chi connectivity index (χ3v) is 7.72. The van der Waals surface area contributed by atoms with Crippen LogP contribution < -0.4 is 0 Å². The summed E-state index contributed by atoms with van der Waals surface area (Å²) in [6.07, 6.45) is 9.64. The summed E-state index contributed by atoms with van der Waals surface area (Å²) in [5.74, 6) is 3.41. The SMILES string of the molecule is OC1OC2C3CCCC(O)C3C3CCC4CCCC4C3C2O1. The highest BCUT2D eigenvalue weighted by atomic mass is 16.8. The molecule has 5 rings (SSSR count). The first kappa shape index (κ1) is 14.2. The van der Waals surface area contributed by atoms with Gasteiger partial charge < -0.3 is 19.7 Å². The highest BCUT2D eigenvalue weighted by molar-refractivity contribution is 5.08. The van der Waals surface area contributed by atoms with Crippen LogP contribution in [0, 0.1) is 35.5 Å². The molecule has 1 saturated heterocycles. The molecule has 0 bridgehead atoms. The molecule has 4 aliphatic carbocycles. The predicted molar refractivity (Wildman–Crippen MR) is 79.6 cm³/mol. The Bertz CT molecular complexity index is 441. The molecule has 4 heteroatoms. The van der Waals surface area contributed by atoms with Crippen LogP contribution in [0.3, 0.4) is 0 Å². The van der Waals surface area contributed by atoms with E-state index in [0.717, 1.165) is 31.1 Å². The van der Waals surface area contributed by atoms with Crippen LogP contribution in [-0.4, -0.2) is 35.0 Å². The van der Waals surface area contributed by atoms with Crippen LogP contribution in [0.1, 0.15) is 51.4 Å². The van der Waals surface area contributed by atoms with Gasteiger partial charge in [-0.15, -0.1) is 0 Å². The number of rotatable bonds is 0. The molecule has 2 N–H and O–H groups in total. The average Bonchev–Trinajstić information content (AvgIpc) is 3.12. The van der Waals surface area contributed by atoms with Crippen LogP contribution in [0.4, 0.5) is 0 Å². The molecule has 22 heavy (non-hydrogen) atoms. The molecule has 4 nitrogen and oxygen atoms in total. The summed E-state index contributed by atoms with van der Waals surface area (Å²) in [5.41, 5.74) is 0. The first-order valence-electron chi connectivity index (χ1n) is 9.41. The maximum atomic E-state index is 10.7. The molecule has 0 aromatic carbocycles. The Morgan fingerprint density at radius 1 is 0.636 bits per heavy atom. The molecular formula is C18H28O4. The summed E-state index contributed by atoms with van der Waals surface area (Å²) in [6.45, 7) is -1.05. The fourth-order valence-corrected chi connectivity index (χ4v) is 7.11. The summed E-state index contributed by atoms with van der Waals surface area (Å²) in [5, 5.41) is 20.7. The van der Waals surface area contributed by atoms with Crippen molar-refractivity contribution in [3.8, 4) is 0 Å². The van der Waals surface area contributed by atoms with Gasteiger partial charge in [-0.3, -0.25) is 0 Å². The van der Waals surface area contributed by atoms with Crippen molar-refractivity contribution in [2.75, 3.05) is 0 Å². The Morgan fingerprint density at radius 3 is 2.32 bits per heavy atom. The smallest absolute Gasteiger partial charge is 0.269 e. The molecule has 10 atom stereocenters.